The fraction of sp³-hybridized carbons (Fsp3) is 0.364. The zero-order valence-electron chi connectivity index (χ0n) is 18.6. The molecule has 2 aromatic carbocycles. The van der Waals surface area contributed by atoms with E-state index in [-0.39, 0.29) is 23.6 Å². The fourth-order valence-electron chi connectivity index (χ4n) is 3.52. The number of carbonyl (C=O) groups excluding carboxylic acids is 1. The van der Waals surface area contributed by atoms with Crippen LogP contribution in [0.5, 0.6) is 11.5 Å². The Morgan fingerprint density at radius 1 is 1.24 bits per heavy atom. The minimum atomic E-state index is -4.06. The van der Waals surface area contributed by atoms with E-state index in [4.69, 9.17) is 13.9 Å². The fourth-order valence-corrected chi connectivity index (χ4v) is 5.23. The van der Waals surface area contributed by atoms with Crippen molar-refractivity contribution >= 4 is 38.8 Å². The molecular weight excluding hydrogens is 482 g/mol. The Hall–Kier alpha value is -2.96. The lowest BCUT2D eigenvalue weighted by Gasteiger charge is -2.27. The van der Waals surface area contributed by atoms with Crippen LogP contribution in [0.3, 0.4) is 0 Å². The Morgan fingerprint density at radius 2 is 2.00 bits per heavy atom. The van der Waals surface area contributed by atoms with Crippen LogP contribution in [0.25, 0.3) is 11.1 Å². The van der Waals surface area contributed by atoms with E-state index in [0.29, 0.717) is 29.2 Å². The standard InChI is InChI=1S/C22H25N3O7S2/c1-25-17-8-7-15(11-20(17)32-22(25)27)34(28,29)24-16(9-10-33-2)21(26)23-12-14-13-30-18-5-3-4-6-19(18)31-14/h3-8,11,14,16,24H,9-10,12-13H2,1-2H3,(H,23,26)/t14-,16-/m0/s1. The summed E-state index contributed by atoms with van der Waals surface area (Å²) in [5.41, 5.74) is 0.618. The number of sulfonamides is 1. The van der Waals surface area contributed by atoms with Crippen molar-refractivity contribution in [1.29, 1.82) is 0 Å². The topological polar surface area (TPSA) is 129 Å². The average molecular weight is 508 g/mol. The summed E-state index contributed by atoms with van der Waals surface area (Å²) in [6.45, 7) is 0.423. The smallest absolute Gasteiger partial charge is 0.419 e. The molecule has 10 nitrogen and oxygen atoms in total. The lowest BCUT2D eigenvalue weighted by Crippen LogP contribution is -2.50. The molecule has 0 spiro atoms. The van der Waals surface area contributed by atoms with Crippen LogP contribution in [0.15, 0.2) is 56.6 Å². The number of benzene rings is 2. The molecule has 0 aliphatic carbocycles. The predicted octanol–water partition coefficient (Wildman–Crippen LogP) is 1.49. The van der Waals surface area contributed by atoms with Gasteiger partial charge in [-0.2, -0.15) is 16.5 Å². The van der Waals surface area contributed by atoms with Gasteiger partial charge in [0, 0.05) is 13.1 Å². The Bertz CT molecular complexity index is 1350. The van der Waals surface area contributed by atoms with E-state index < -0.39 is 33.8 Å². The minimum Gasteiger partial charge on any atom is -0.486 e. The van der Waals surface area contributed by atoms with Gasteiger partial charge in [0.05, 0.1) is 17.0 Å². The highest BCUT2D eigenvalue weighted by molar-refractivity contribution is 7.98. The second kappa shape index (κ2) is 10.1. The van der Waals surface area contributed by atoms with E-state index in [9.17, 15) is 18.0 Å². The van der Waals surface area contributed by atoms with Gasteiger partial charge >= 0.3 is 5.76 Å². The van der Waals surface area contributed by atoms with E-state index in [1.54, 1.807) is 12.1 Å². The molecular formula is C22H25N3O7S2. The largest absolute Gasteiger partial charge is 0.486 e. The molecule has 0 unspecified atom stereocenters. The molecule has 0 saturated heterocycles. The van der Waals surface area contributed by atoms with Crippen LogP contribution in [-0.4, -0.2) is 56.2 Å². The van der Waals surface area contributed by atoms with E-state index >= 15 is 0 Å². The molecule has 1 amide bonds. The van der Waals surface area contributed by atoms with Crippen LogP contribution in [0.1, 0.15) is 6.42 Å². The number of carbonyl (C=O) groups is 1. The SMILES string of the molecule is CSCC[C@H](NS(=O)(=O)c1ccc2c(c1)oc(=O)n2C)C(=O)NC[C@H]1COc2ccccc2O1. The minimum absolute atomic E-state index is 0.100. The summed E-state index contributed by atoms with van der Waals surface area (Å²) in [5.74, 6) is 0.750. The number of hydrogen-bond acceptors (Lipinski definition) is 8. The van der Waals surface area contributed by atoms with Gasteiger partial charge in [-0.1, -0.05) is 12.1 Å². The van der Waals surface area contributed by atoms with E-state index in [1.165, 1.54) is 41.6 Å². The summed E-state index contributed by atoms with van der Waals surface area (Å²) >= 11 is 1.50. The molecule has 12 heteroatoms. The van der Waals surface area contributed by atoms with E-state index in [0.717, 1.165) is 0 Å². The van der Waals surface area contributed by atoms with Gasteiger partial charge in [0.25, 0.3) is 0 Å². The van der Waals surface area contributed by atoms with Crippen LogP contribution >= 0.6 is 11.8 Å². The normalized spacial score (nSPS) is 16.4. The third kappa shape index (κ3) is 5.24. The van der Waals surface area contributed by atoms with Gasteiger partial charge in [-0.3, -0.25) is 9.36 Å². The lowest BCUT2D eigenvalue weighted by atomic mass is 10.2. The van der Waals surface area contributed by atoms with Crippen molar-refractivity contribution < 1.29 is 27.1 Å². The third-order valence-corrected chi connectivity index (χ3v) is 7.48. The second-order valence-electron chi connectivity index (χ2n) is 7.75. The molecule has 182 valence electrons. The van der Waals surface area contributed by atoms with Crippen LogP contribution in [0, 0.1) is 0 Å². The highest BCUT2D eigenvalue weighted by atomic mass is 32.2. The molecule has 2 N–H and O–H groups in total. The molecule has 4 rings (SSSR count). The first kappa shape index (κ1) is 24.2. The zero-order chi connectivity index (χ0) is 24.3. The van der Waals surface area contributed by atoms with Crippen LogP contribution in [-0.2, 0) is 21.9 Å². The molecule has 3 aromatic rings. The summed E-state index contributed by atoms with van der Waals surface area (Å²) in [6.07, 6.45) is 1.76. The van der Waals surface area contributed by atoms with Gasteiger partial charge in [0.2, 0.25) is 15.9 Å². The van der Waals surface area contributed by atoms with Gasteiger partial charge in [0.1, 0.15) is 18.8 Å². The van der Waals surface area contributed by atoms with Gasteiger partial charge in [0.15, 0.2) is 17.1 Å². The Balaban J connectivity index is 1.44. The maximum atomic E-state index is 13.0. The number of thioether (sulfide) groups is 1. The quantitative estimate of drug-likeness (QED) is 0.446. The maximum Gasteiger partial charge on any atom is 0.419 e. The molecule has 2 heterocycles. The zero-order valence-corrected chi connectivity index (χ0v) is 20.3. The number of aromatic nitrogens is 1. The van der Waals surface area contributed by atoms with Crippen LogP contribution in [0.4, 0.5) is 0 Å². The summed E-state index contributed by atoms with van der Waals surface area (Å²) in [4.78, 5) is 24.5. The number of nitrogens with one attached hydrogen (secondary N) is 2. The van der Waals surface area contributed by atoms with Crippen molar-refractivity contribution in [3.8, 4) is 11.5 Å². The number of aryl methyl sites for hydroxylation is 1. The summed E-state index contributed by atoms with van der Waals surface area (Å²) in [7, 11) is -2.53. The first-order valence-corrected chi connectivity index (χ1v) is 13.4. The Kier molecular flexibility index (Phi) is 7.19. The predicted molar refractivity (Wildman–Crippen MR) is 128 cm³/mol. The first-order valence-electron chi connectivity index (χ1n) is 10.6. The number of nitrogens with zero attached hydrogens (tertiary/aromatic N) is 1. The molecule has 0 radical (unpaired) electrons. The molecule has 1 aliphatic heterocycles. The molecule has 0 fully saturated rings. The number of ether oxygens (including phenoxy) is 2. The summed E-state index contributed by atoms with van der Waals surface area (Å²) in [5, 5.41) is 2.76. The maximum absolute atomic E-state index is 13.0. The number of amides is 1. The van der Waals surface area contributed by atoms with Crippen molar-refractivity contribution in [2.24, 2.45) is 7.05 Å². The van der Waals surface area contributed by atoms with E-state index in [2.05, 4.69) is 10.0 Å². The first-order chi connectivity index (χ1) is 16.3. The second-order valence-corrected chi connectivity index (χ2v) is 10.5. The van der Waals surface area contributed by atoms with E-state index in [1.807, 2.05) is 18.4 Å². The highest BCUT2D eigenvalue weighted by Gasteiger charge is 2.28. The van der Waals surface area contributed by atoms with Crippen LogP contribution < -0.4 is 25.3 Å². The number of fused-ring (bicyclic) bond motifs is 2. The lowest BCUT2D eigenvalue weighted by molar-refractivity contribution is -0.123. The average Bonchev–Trinajstić information content (AvgIpc) is 3.12. The van der Waals surface area contributed by atoms with Crippen molar-refractivity contribution in [2.45, 2.75) is 23.5 Å². The van der Waals surface area contributed by atoms with Crippen molar-refractivity contribution in [1.82, 2.24) is 14.6 Å². The van der Waals surface area contributed by atoms with Crippen molar-refractivity contribution in [3.63, 3.8) is 0 Å². The molecule has 0 bridgehead atoms. The number of oxazole rings is 1. The Labute approximate surface area is 200 Å². The van der Waals surface area contributed by atoms with Gasteiger partial charge in [-0.05, 0) is 42.7 Å². The van der Waals surface area contributed by atoms with Gasteiger partial charge < -0.3 is 19.2 Å². The number of para-hydroxylation sites is 2. The number of hydrogen-bond donors (Lipinski definition) is 2. The molecule has 34 heavy (non-hydrogen) atoms. The highest BCUT2D eigenvalue weighted by Crippen LogP contribution is 2.30. The van der Waals surface area contributed by atoms with Gasteiger partial charge in [-0.15, -0.1) is 0 Å². The number of rotatable bonds is 9. The Morgan fingerprint density at radius 3 is 2.76 bits per heavy atom. The molecule has 1 aliphatic rings. The van der Waals surface area contributed by atoms with Crippen molar-refractivity contribution in [2.75, 3.05) is 25.2 Å². The summed E-state index contributed by atoms with van der Waals surface area (Å²) in [6, 6.07) is 10.4. The monoisotopic (exact) mass is 507 g/mol. The molecule has 1 aromatic heterocycles. The molecule has 0 saturated carbocycles. The van der Waals surface area contributed by atoms with Gasteiger partial charge in [-0.25, -0.2) is 13.2 Å². The molecule has 2 atom stereocenters. The third-order valence-electron chi connectivity index (χ3n) is 5.37. The van der Waals surface area contributed by atoms with Crippen molar-refractivity contribution in [3.05, 3.63) is 53.0 Å². The van der Waals surface area contributed by atoms with Crippen LogP contribution in [0.2, 0.25) is 0 Å². The summed E-state index contributed by atoms with van der Waals surface area (Å²) < 4.78 is 46.4.